The molecule has 0 aliphatic rings. The number of nitrogen functional groups attached to an aromatic ring is 1. The number of hydrogen-bond donors (Lipinski definition) is 2. The van der Waals surface area contributed by atoms with Crippen molar-refractivity contribution in [1.82, 2.24) is 0 Å². The topological polar surface area (TPSA) is 72.2 Å². The predicted molar refractivity (Wildman–Crippen MR) is 84.6 cm³/mol. The van der Waals surface area contributed by atoms with Gasteiger partial charge in [0.1, 0.15) is 0 Å². The van der Waals surface area contributed by atoms with E-state index in [4.69, 9.17) is 5.73 Å². The molecule has 0 spiro atoms. The molecule has 4 nitrogen and oxygen atoms in total. The van der Waals surface area contributed by atoms with E-state index in [0.29, 0.717) is 11.4 Å². The first-order valence-corrected chi connectivity index (χ1v) is 8.66. The van der Waals surface area contributed by atoms with Crippen molar-refractivity contribution in [1.29, 1.82) is 0 Å². The highest BCUT2D eigenvalue weighted by atomic mass is 32.2. The second kappa shape index (κ2) is 5.76. The molecule has 0 bridgehead atoms. The van der Waals surface area contributed by atoms with Gasteiger partial charge in [-0.2, -0.15) is 0 Å². The molecule has 0 aliphatic heterocycles. The van der Waals surface area contributed by atoms with Crippen LogP contribution >= 0.6 is 11.8 Å². The van der Waals surface area contributed by atoms with Crippen molar-refractivity contribution < 1.29 is 8.42 Å². The van der Waals surface area contributed by atoms with E-state index in [1.165, 1.54) is 6.07 Å². The van der Waals surface area contributed by atoms with Crippen LogP contribution in [0.3, 0.4) is 0 Å². The number of sulfonamides is 1. The largest absolute Gasteiger partial charge is 0.398 e. The van der Waals surface area contributed by atoms with Crippen molar-refractivity contribution in [3.05, 3.63) is 48.0 Å². The molecular formula is C14H16N2O2S2. The summed E-state index contributed by atoms with van der Waals surface area (Å²) in [6, 6.07) is 11.9. The quantitative estimate of drug-likeness (QED) is 0.672. The van der Waals surface area contributed by atoms with Crippen LogP contribution in [0.5, 0.6) is 0 Å². The second-order valence-corrected chi connectivity index (χ2v) is 6.91. The summed E-state index contributed by atoms with van der Waals surface area (Å²) >= 11 is 1.60. The standard InChI is InChI=1S/C14H16N2O2S2/c1-10-3-8-13(9-14(10)15)20(17,18)16-11-4-6-12(19-2)7-5-11/h3-9,16H,15H2,1-2H3. The number of nitrogens with two attached hydrogens (primary N) is 1. The molecule has 0 aliphatic carbocycles. The minimum atomic E-state index is -3.61. The lowest BCUT2D eigenvalue weighted by molar-refractivity contribution is 0.601. The molecule has 20 heavy (non-hydrogen) atoms. The lowest BCUT2D eigenvalue weighted by atomic mass is 10.2. The van der Waals surface area contributed by atoms with Crippen LogP contribution in [0, 0.1) is 6.92 Å². The molecule has 0 radical (unpaired) electrons. The molecule has 0 fully saturated rings. The SMILES string of the molecule is CSc1ccc(NS(=O)(=O)c2ccc(C)c(N)c2)cc1. The van der Waals surface area contributed by atoms with Gasteiger partial charge in [-0.3, -0.25) is 4.72 Å². The van der Waals surface area contributed by atoms with E-state index in [1.807, 2.05) is 25.3 Å². The third kappa shape index (κ3) is 3.26. The van der Waals surface area contributed by atoms with Gasteiger partial charge in [-0.1, -0.05) is 6.07 Å². The highest BCUT2D eigenvalue weighted by molar-refractivity contribution is 7.98. The molecule has 0 atom stereocenters. The average molecular weight is 308 g/mol. The third-order valence-electron chi connectivity index (χ3n) is 2.90. The minimum absolute atomic E-state index is 0.162. The summed E-state index contributed by atoms with van der Waals surface area (Å²) in [6.45, 7) is 1.83. The molecule has 0 aromatic heterocycles. The summed E-state index contributed by atoms with van der Waals surface area (Å²) in [6.07, 6.45) is 1.97. The van der Waals surface area contributed by atoms with Crippen LogP contribution in [0.1, 0.15) is 5.56 Å². The first-order chi connectivity index (χ1) is 9.42. The van der Waals surface area contributed by atoms with Crippen LogP contribution in [0.4, 0.5) is 11.4 Å². The molecule has 0 heterocycles. The Balaban J connectivity index is 2.27. The van der Waals surface area contributed by atoms with E-state index in [0.717, 1.165) is 10.5 Å². The van der Waals surface area contributed by atoms with Crippen molar-refractivity contribution >= 4 is 33.2 Å². The third-order valence-corrected chi connectivity index (χ3v) is 5.03. The highest BCUT2D eigenvalue weighted by Gasteiger charge is 2.14. The Morgan fingerprint density at radius 3 is 2.30 bits per heavy atom. The molecule has 106 valence electrons. The van der Waals surface area contributed by atoms with Crippen LogP contribution < -0.4 is 10.5 Å². The summed E-state index contributed by atoms with van der Waals surface area (Å²) in [5.74, 6) is 0. The average Bonchev–Trinajstić information content (AvgIpc) is 2.42. The molecule has 0 amide bonds. The summed E-state index contributed by atoms with van der Waals surface area (Å²) in [7, 11) is -3.61. The van der Waals surface area contributed by atoms with Crippen LogP contribution in [-0.2, 0) is 10.0 Å². The number of benzene rings is 2. The van der Waals surface area contributed by atoms with Crippen LogP contribution in [-0.4, -0.2) is 14.7 Å². The number of rotatable bonds is 4. The van der Waals surface area contributed by atoms with Gasteiger partial charge in [0.25, 0.3) is 10.0 Å². The number of aryl methyl sites for hydroxylation is 1. The van der Waals surface area contributed by atoms with E-state index in [9.17, 15) is 8.42 Å². The number of anilines is 2. The van der Waals surface area contributed by atoms with Crippen molar-refractivity contribution in [2.75, 3.05) is 16.7 Å². The van der Waals surface area contributed by atoms with Crippen LogP contribution in [0.25, 0.3) is 0 Å². The Hall–Kier alpha value is -1.66. The minimum Gasteiger partial charge on any atom is -0.398 e. The van der Waals surface area contributed by atoms with Gasteiger partial charge in [-0.05, 0) is 55.1 Å². The molecule has 0 unspecified atom stereocenters. The molecular weight excluding hydrogens is 292 g/mol. The van der Waals surface area contributed by atoms with Gasteiger partial charge in [0.2, 0.25) is 0 Å². The van der Waals surface area contributed by atoms with E-state index in [1.54, 1.807) is 36.0 Å². The first-order valence-electron chi connectivity index (χ1n) is 5.95. The van der Waals surface area contributed by atoms with Gasteiger partial charge >= 0.3 is 0 Å². The van der Waals surface area contributed by atoms with Crippen molar-refractivity contribution in [3.63, 3.8) is 0 Å². The highest BCUT2D eigenvalue weighted by Crippen LogP contribution is 2.22. The van der Waals surface area contributed by atoms with Crippen molar-refractivity contribution in [3.8, 4) is 0 Å². The van der Waals surface area contributed by atoms with Gasteiger partial charge in [-0.15, -0.1) is 11.8 Å². The Bertz CT molecular complexity index is 710. The number of nitrogens with one attached hydrogen (secondary N) is 1. The Labute approximate surface area is 123 Å². The molecule has 2 aromatic carbocycles. The molecule has 2 aromatic rings. The summed E-state index contributed by atoms with van der Waals surface area (Å²) in [5.41, 5.74) is 7.60. The van der Waals surface area contributed by atoms with Crippen LogP contribution in [0.2, 0.25) is 0 Å². The number of hydrogen-bond acceptors (Lipinski definition) is 4. The Morgan fingerprint density at radius 2 is 1.75 bits per heavy atom. The molecule has 2 rings (SSSR count). The smallest absolute Gasteiger partial charge is 0.261 e. The van der Waals surface area contributed by atoms with E-state index in [2.05, 4.69) is 4.72 Å². The van der Waals surface area contributed by atoms with E-state index < -0.39 is 10.0 Å². The van der Waals surface area contributed by atoms with Gasteiger partial charge in [0.05, 0.1) is 4.90 Å². The first kappa shape index (κ1) is 14.7. The lowest BCUT2D eigenvalue weighted by Crippen LogP contribution is -2.13. The van der Waals surface area contributed by atoms with E-state index >= 15 is 0 Å². The summed E-state index contributed by atoms with van der Waals surface area (Å²) < 4.78 is 27.0. The molecule has 0 saturated carbocycles. The summed E-state index contributed by atoms with van der Waals surface area (Å²) in [5, 5.41) is 0. The monoisotopic (exact) mass is 308 g/mol. The lowest BCUT2D eigenvalue weighted by Gasteiger charge is -2.10. The fourth-order valence-corrected chi connectivity index (χ4v) is 3.16. The zero-order valence-corrected chi connectivity index (χ0v) is 12.9. The maximum absolute atomic E-state index is 12.2. The fraction of sp³-hybridized carbons (Fsp3) is 0.143. The normalized spacial score (nSPS) is 11.3. The van der Waals surface area contributed by atoms with E-state index in [-0.39, 0.29) is 4.90 Å². The van der Waals surface area contributed by atoms with Gasteiger partial charge in [0.15, 0.2) is 0 Å². The Morgan fingerprint density at radius 1 is 1.10 bits per heavy atom. The predicted octanol–water partition coefficient (Wildman–Crippen LogP) is 3.10. The number of thioether (sulfide) groups is 1. The van der Waals surface area contributed by atoms with Crippen molar-refractivity contribution in [2.45, 2.75) is 16.7 Å². The van der Waals surface area contributed by atoms with Gasteiger partial charge in [-0.25, -0.2) is 8.42 Å². The van der Waals surface area contributed by atoms with Gasteiger partial charge in [0, 0.05) is 16.3 Å². The molecule has 0 saturated heterocycles. The maximum Gasteiger partial charge on any atom is 0.261 e. The zero-order chi connectivity index (χ0) is 14.8. The zero-order valence-electron chi connectivity index (χ0n) is 11.3. The summed E-state index contributed by atoms with van der Waals surface area (Å²) in [4.78, 5) is 1.24. The van der Waals surface area contributed by atoms with Crippen molar-refractivity contribution in [2.24, 2.45) is 0 Å². The molecule has 6 heteroatoms. The van der Waals surface area contributed by atoms with Crippen LogP contribution in [0.15, 0.2) is 52.3 Å². The Kier molecular flexibility index (Phi) is 4.25. The van der Waals surface area contributed by atoms with Gasteiger partial charge < -0.3 is 5.73 Å². The molecule has 3 N–H and O–H groups in total. The maximum atomic E-state index is 12.2. The second-order valence-electron chi connectivity index (χ2n) is 4.35. The fourth-order valence-electron chi connectivity index (χ4n) is 1.66.